The third-order valence-corrected chi connectivity index (χ3v) is 3.46. The summed E-state index contributed by atoms with van der Waals surface area (Å²) in [5.41, 5.74) is 1.15. The molecule has 4 nitrogen and oxygen atoms in total. The highest BCUT2D eigenvalue weighted by Gasteiger charge is 2.16. The normalized spacial score (nSPS) is 10.2. The van der Waals surface area contributed by atoms with Crippen molar-refractivity contribution < 1.29 is 9.59 Å². The molecule has 0 spiro atoms. The fraction of sp³-hybridized carbons (Fsp3) is 0.500. The van der Waals surface area contributed by atoms with Crippen molar-refractivity contribution in [3.05, 3.63) is 35.4 Å². The molecule has 110 valence electrons. The Morgan fingerprint density at radius 1 is 0.800 bits per heavy atom. The maximum absolute atomic E-state index is 12.3. The van der Waals surface area contributed by atoms with Crippen molar-refractivity contribution in [1.29, 1.82) is 0 Å². The maximum Gasteiger partial charge on any atom is 0.253 e. The van der Waals surface area contributed by atoms with Crippen LogP contribution in [0.2, 0.25) is 0 Å². The zero-order valence-corrected chi connectivity index (χ0v) is 12.8. The Labute approximate surface area is 121 Å². The second kappa shape index (κ2) is 7.68. The molecule has 0 aromatic heterocycles. The Balaban J connectivity index is 3.01. The number of nitrogens with zero attached hydrogens (tertiary/aromatic N) is 2. The number of hydrogen-bond donors (Lipinski definition) is 0. The van der Waals surface area contributed by atoms with E-state index in [1.807, 2.05) is 27.7 Å². The highest BCUT2D eigenvalue weighted by Crippen LogP contribution is 2.11. The van der Waals surface area contributed by atoms with Crippen molar-refractivity contribution in [2.24, 2.45) is 0 Å². The van der Waals surface area contributed by atoms with E-state index in [2.05, 4.69) is 0 Å². The highest BCUT2D eigenvalue weighted by atomic mass is 16.2. The number of benzene rings is 1. The van der Waals surface area contributed by atoms with Crippen molar-refractivity contribution in [2.45, 2.75) is 27.7 Å². The second-order valence-corrected chi connectivity index (χ2v) is 4.54. The molecule has 0 radical (unpaired) electrons. The lowest BCUT2D eigenvalue weighted by atomic mass is 10.1. The summed E-state index contributed by atoms with van der Waals surface area (Å²) in [6.07, 6.45) is 0. The maximum atomic E-state index is 12.3. The van der Waals surface area contributed by atoms with Crippen molar-refractivity contribution in [2.75, 3.05) is 26.2 Å². The Morgan fingerprint density at radius 3 is 1.45 bits per heavy atom. The summed E-state index contributed by atoms with van der Waals surface area (Å²) >= 11 is 0. The van der Waals surface area contributed by atoms with Gasteiger partial charge >= 0.3 is 0 Å². The van der Waals surface area contributed by atoms with Gasteiger partial charge in [-0.3, -0.25) is 9.59 Å². The van der Waals surface area contributed by atoms with E-state index in [-0.39, 0.29) is 11.8 Å². The largest absolute Gasteiger partial charge is 0.339 e. The molecule has 1 rings (SSSR count). The lowest BCUT2D eigenvalue weighted by molar-refractivity contribution is 0.0772. The molecule has 20 heavy (non-hydrogen) atoms. The second-order valence-electron chi connectivity index (χ2n) is 4.54. The van der Waals surface area contributed by atoms with Crippen molar-refractivity contribution in [3.63, 3.8) is 0 Å². The Kier molecular flexibility index (Phi) is 6.22. The first-order valence-corrected chi connectivity index (χ1v) is 7.27. The van der Waals surface area contributed by atoms with Crippen LogP contribution in [0.15, 0.2) is 24.3 Å². The number of carbonyl (C=O) groups excluding carboxylic acids is 2. The third kappa shape index (κ3) is 3.59. The van der Waals surface area contributed by atoms with E-state index in [9.17, 15) is 9.59 Å². The lowest BCUT2D eigenvalue weighted by Crippen LogP contribution is -2.32. The Bertz CT molecular complexity index is 424. The van der Waals surface area contributed by atoms with E-state index in [4.69, 9.17) is 0 Å². The summed E-state index contributed by atoms with van der Waals surface area (Å²) in [6.45, 7) is 10.5. The van der Waals surface area contributed by atoms with Gasteiger partial charge in [-0.05, 0) is 45.9 Å². The van der Waals surface area contributed by atoms with Gasteiger partial charge in [-0.15, -0.1) is 0 Å². The standard InChI is InChI=1S/C16H24N2O2/c1-5-17(6-2)15(19)13-10-9-11-14(12-13)16(20)18(7-3)8-4/h9-12H,5-8H2,1-4H3. The SMILES string of the molecule is CCN(CC)C(=O)c1cccc(C(=O)N(CC)CC)c1. The highest BCUT2D eigenvalue weighted by molar-refractivity contribution is 5.99. The molecule has 1 aromatic carbocycles. The van der Waals surface area contributed by atoms with Gasteiger partial charge in [0.1, 0.15) is 0 Å². The van der Waals surface area contributed by atoms with Gasteiger partial charge in [0.25, 0.3) is 11.8 Å². The summed E-state index contributed by atoms with van der Waals surface area (Å²) in [7, 11) is 0. The van der Waals surface area contributed by atoms with Crippen LogP contribution in [-0.4, -0.2) is 47.8 Å². The monoisotopic (exact) mass is 276 g/mol. The van der Waals surface area contributed by atoms with Crippen LogP contribution in [0, 0.1) is 0 Å². The predicted molar refractivity (Wildman–Crippen MR) is 80.9 cm³/mol. The predicted octanol–water partition coefficient (Wildman–Crippen LogP) is 2.65. The van der Waals surface area contributed by atoms with Gasteiger partial charge in [0.15, 0.2) is 0 Å². The third-order valence-electron chi connectivity index (χ3n) is 3.46. The number of rotatable bonds is 6. The minimum absolute atomic E-state index is 0.0239. The van der Waals surface area contributed by atoms with E-state index in [1.54, 1.807) is 34.1 Å². The minimum atomic E-state index is -0.0239. The average Bonchev–Trinajstić information content (AvgIpc) is 2.49. The molecule has 0 atom stereocenters. The quantitative estimate of drug-likeness (QED) is 0.801. The zero-order chi connectivity index (χ0) is 15.1. The molecule has 0 N–H and O–H groups in total. The number of hydrogen-bond acceptors (Lipinski definition) is 2. The van der Waals surface area contributed by atoms with Crippen LogP contribution in [0.5, 0.6) is 0 Å². The number of amides is 2. The summed E-state index contributed by atoms with van der Waals surface area (Å²) in [4.78, 5) is 28.1. The molecule has 0 fully saturated rings. The van der Waals surface area contributed by atoms with E-state index < -0.39 is 0 Å². The first-order chi connectivity index (χ1) is 9.58. The average molecular weight is 276 g/mol. The first-order valence-electron chi connectivity index (χ1n) is 7.27. The molecule has 1 aromatic rings. The van der Waals surface area contributed by atoms with Crippen LogP contribution in [0.25, 0.3) is 0 Å². The Hall–Kier alpha value is -1.84. The van der Waals surface area contributed by atoms with Gasteiger partial charge in [-0.1, -0.05) is 6.07 Å². The van der Waals surface area contributed by atoms with E-state index in [1.165, 1.54) is 0 Å². The molecule has 0 aliphatic rings. The van der Waals surface area contributed by atoms with Crippen LogP contribution in [-0.2, 0) is 0 Å². The van der Waals surface area contributed by atoms with Crippen LogP contribution < -0.4 is 0 Å². The molecule has 0 bridgehead atoms. The lowest BCUT2D eigenvalue weighted by Gasteiger charge is -2.21. The fourth-order valence-electron chi connectivity index (χ4n) is 2.17. The molecule has 0 saturated carbocycles. The molecule has 2 amide bonds. The van der Waals surface area contributed by atoms with Crippen molar-refractivity contribution >= 4 is 11.8 Å². The number of carbonyl (C=O) groups is 2. The van der Waals surface area contributed by atoms with Gasteiger partial charge in [0, 0.05) is 37.3 Å². The molecule has 0 aliphatic heterocycles. The molecule has 4 heteroatoms. The molecule has 0 unspecified atom stereocenters. The molecule has 0 heterocycles. The Morgan fingerprint density at radius 2 is 1.15 bits per heavy atom. The van der Waals surface area contributed by atoms with Crippen molar-refractivity contribution in [1.82, 2.24) is 9.80 Å². The first kappa shape index (κ1) is 16.2. The van der Waals surface area contributed by atoms with Gasteiger partial charge in [0.05, 0.1) is 0 Å². The molecular formula is C16H24N2O2. The van der Waals surface area contributed by atoms with E-state index in [0.717, 1.165) is 0 Å². The topological polar surface area (TPSA) is 40.6 Å². The van der Waals surface area contributed by atoms with Crippen molar-refractivity contribution in [3.8, 4) is 0 Å². The van der Waals surface area contributed by atoms with Crippen LogP contribution >= 0.6 is 0 Å². The van der Waals surface area contributed by atoms with E-state index in [0.29, 0.717) is 37.3 Å². The fourth-order valence-corrected chi connectivity index (χ4v) is 2.17. The smallest absolute Gasteiger partial charge is 0.253 e. The van der Waals surface area contributed by atoms with Gasteiger partial charge in [-0.25, -0.2) is 0 Å². The summed E-state index contributed by atoms with van der Waals surface area (Å²) < 4.78 is 0. The molecular weight excluding hydrogens is 252 g/mol. The molecule has 0 aliphatic carbocycles. The summed E-state index contributed by atoms with van der Waals surface area (Å²) in [5.74, 6) is -0.0478. The minimum Gasteiger partial charge on any atom is -0.339 e. The molecule has 0 saturated heterocycles. The van der Waals surface area contributed by atoms with Gasteiger partial charge in [0.2, 0.25) is 0 Å². The van der Waals surface area contributed by atoms with Crippen LogP contribution in [0.3, 0.4) is 0 Å². The summed E-state index contributed by atoms with van der Waals surface area (Å²) in [5, 5.41) is 0. The van der Waals surface area contributed by atoms with E-state index >= 15 is 0 Å². The summed E-state index contributed by atoms with van der Waals surface area (Å²) in [6, 6.07) is 6.99. The van der Waals surface area contributed by atoms with Crippen LogP contribution in [0.1, 0.15) is 48.4 Å². The zero-order valence-electron chi connectivity index (χ0n) is 12.8. The van der Waals surface area contributed by atoms with Gasteiger partial charge < -0.3 is 9.80 Å². The van der Waals surface area contributed by atoms with Gasteiger partial charge in [-0.2, -0.15) is 0 Å². The van der Waals surface area contributed by atoms with Crippen LogP contribution in [0.4, 0.5) is 0 Å².